The summed E-state index contributed by atoms with van der Waals surface area (Å²) < 4.78 is 10.5. The molecule has 0 bridgehead atoms. The van der Waals surface area contributed by atoms with Gasteiger partial charge in [0.25, 0.3) is 0 Å². The number of benzene rings is 1. The van der Waals surface area contributed by atoms with Gasteiger partial charge in [0, 0.05) is 9.47 Å². The Balaban J connectivity index is 2.31. The summed E-state index contributed by atoms with van der Waals surface area (Å²) in [6.45, 7) is -0.139. The molecule has 2 rings (SSSR count). The average Bonchev–Trinajstić information content (AvgIpc) is 2.47. The summed E-state index contributed by atoms with van der Waals surface area (Å²) in [6, 6.07) is 7.18. The third kappa shape index (κ3) is 3.02. The smallest absolute Gasteiger partial charge is 0.113 e. The Morgan fingerprint density at radius 2 is 1.80 bits per heavy atom. The van der Waals surface area contributed by atoms with Gasteiger partial charge in [-0.3, -0.25) is 0 Å². The van der Waals surface area contributed by atoms with E-state index in [9.17, 15) is 20.4 Å². The number of aliphatic hydroxyl groups is 4. The molecule has 0 amide bonds. The van der Waals surface area contributed by atoms with E-state index >= 15 is 0 Å². The fraction of sp³-hybridized carbons (Fsp3) is 0.538. The average molecular weight is 302 g/mol. The van der Waals surface area contributed by atoms with Gasteiger partial charge in [0.2, 0.25) is 0 Å². The second-order valence-corrected chi connectivity index (χ2v) is 5.09. The van der Waals surface area contributed by atoms with Gasteiger partial charge in [-0.15, -0.1) is 0 Å². The summed E-state index contributed by atoms with van der Waals surface area (Å²) >= 11 is 0. The molecule has 1 unspecified atom stereocenters. The molecule has 4 N–H and O–H groups in total. The second kappa shape index (κ2) is 6.91. The summed E-state index contributed by atoms with van der Waals surface area (Å²) in [4.78, 5) is 0. The summed E-state index contributed by atoms with van der Waals surface area (Å²) in [5, 5.41) is 38.9. The van der Waals surface area contributed by atoms with Crippen LogP contribution >= 0.6 is 9.47 Å². The predicted molar refractivity (Wildman–Crippen MR) is 73.7 cm³/mol. The molecule has 6 atom stereocenters. The van der Waals surface area contributed by atoms with Crippen LogP contribution in [0.15, 0.2) is 24.3 Å². The Morgan fingerprint density at radius 3 is 2.45 bits per heavy atom. The molecular weight excluding hydrogens is 283 g/mol. The first-order valence-electron chi connectivity index (χ1n) is 6.30. The minimum Gasteiger partial charge on any atom is -0.394 e. The van der Waals surface area contributed by atoms with Crippen LogP contribution in [0.25, 0.3) is 0 Å². The van der Waals surface area contributed by atoms with Gasteiger partial charge in [-0.2, -0.15) is 0 Å². The van der Waals surface area contributed by atoms with Crippen LogP contribution in [0.3, 0.4) is 0 Å². The van der Waals surface area contributed by atoms with Crippen molar-refractivity contribution in [1.29, 1.82) is 0 Å². The summed E-state index contributed by atoms with van der Waals surface area (Å²) in [6.07, 6.45) is -5.75. The Labute approximate surface area is 119 Å². The molecule has 6 nitrogen and oxygen atoms in total. The molecule has 1 fully saturated rings. The summed E-state index contributed by atoms with van der Waals surface area (Å²) in [7, 11) is 2.14. The van der Waals surface area contributed by atoms with Gasteiger partial charge in [0.1, 0.15) is 30.5 Å². The fourth-order valence-electron chi connectivity index (χ4n) is 2.39. The van der Waals surface area contributed by atoms with Gasteiger partial charge in [-0.1, -0.05) is 24.3 Å². The number of rotatable bonds is 4. The van der Waals surface area contributed by atoms with Crippen LogP contribution in [0.4, 0.5) is 0 Å². The molecule has 112 valence electrons. The molecular formula is C13H19O6P. The third-order valence-electron chi connectivity index (χ3n) is 3.49. The highest BCUT2D eigenvalue weighted by atomic mass is 31.0. The molecule has 0 aromatic heterocycles. The van der Waals surface area contributed by atoms with Crippen molar-refractivity contribution in [1.82, 2.24) is 0 Å². The zero-order chi connectivity index (χ0) is 14.7. The highest BCUT2D eigenvalue weighted by molar-refractivity contribution is 7.09. The first kappa shape index (κ1) is 15.8. The van der Waals surface area contributed by atoms with Crippen molar-refractivity contribution < 1.29 is 29.7 Å². The van der Waals surface area contributed by atoms with Crippen LogP contribution in [-0.4, -0.2) is 51.4 Å². The van der Waals surface area contributed by atoms with Crippen LogP contribution in [0.5, 0.6) is 0 Å². The molecule has 0 aliphatic carbocycles. The molecule has 0 spiro atoms. The lowest BCUT2D eigenvalue weighted by Crippen LogP contribution is -2.55. The van der Waals surface area contributed by atoms with E-state index in [-0.39, 0.29) is 0 Å². The molecule has 1 aliphatic heterocycles. The van der Waals surface area contributed by atoms with E-state index in [1.54, 1.807) is 12.1 Å². The van der Waals surface area contributed by atoms with Gasteiger partial charge in [-0.25, -0.2) is 0 Å². The SMILES string of the molecule is OC[C@H]1O[C@@H](c2ccccc2COP)[C@H](O)[C@@H](O)[C@@H]1O. The van der Waals surface area contributed by atoms with E-state index in [4.69, 9.17) is 9.26 Å². The second-order valence-electron chi connectivity index (χ2n) is 4.76. The molecule has 1 aromatic rings. The van der Waals surface area contributed by atoms with E-state index in [1.807, 2.05) is 12.1 Å². The van der Waals surface area contributed by atoms with Gasteiger partial charge in [-0.05, 0) is 11.1 Å². The Bertz CT molecular complexity index is 441. The van der Waals surface area contributed by atoms with Gasteiger partial charge in [0.05, 0.1) is 13.2 Å². The topological polar surface area (TPSA) is 99.4 Å². The lowest BCUT2D eigenvalue weighted by molar-refractivity contribution is -0.232. The molecule has 1 heterocycles. The molecule has 1 aliphatic rings. The lowest BCUT2D eigenvalue weighted by atomic mass is 9.89. The maximum Gasteiger partial charge on any atom is 0.113 e. The maximum absolute atomic E-state index is 10.1. The van der Waals surface area contributed by atoms with Crippen molar-refractivity contribution in [3.8, 4) is 0 Å². The Kier molecular flexibility index (Phi) is 5.46. The highest BCUT2D eigenvalue weighted by Crippen LogP contribution is 2.34. The number of aliphatic hydroxyl groups excluding tert-OH is 4. The lowest BCUT2D eigenvalue weighted by Gasteiger charge is -2.40. The standard InChI is InChI=1S/C13H19O6P/c14-5-9-10(15)11(16)12(17)13(19-9)8-4-2-1-3-7(8)6-18-20/h1-4,9-17H,5-6,20H2/t9-,10-,11+,12-,13+/m1/s1. The molecule has 1 saturated heterocycles. The number of ether oxygens (including phenoxy) is 1. The van der Waals surface area contributed by atoms with Crippen LogP contribution in [-0.2, 0) is 15.9 Å². The molecule has 0 radical (unpaired) electrons. The third-order valence-corrected chi connectivity index (χ3v) is 3.66. The van der Waals surface area contributed by atoms with Crippen LogP contribution in [0.2, 0.25) is 0 Å². The first-order chi connectivity index (χ1) is 9.60. The number of hydrogen-bond donors (Lipinski definition) is 4. The van der Waals surface area contributed by atoms with Crippen molar-refractivity contribution in [2.45, 2.75) is 37.1 Å². The Hall–Kier alpha value is -0.590. The van der Waals surface area contributed by atoms with Crippen LogP contribution in [0, 0.1) is 0 Å². The Morgan fingerprint density at radius 1 is 1.10 bits per heavy atom. The first-order valence-corrected chi connectivity index (χ1v) is 6.77. The van der Waals surface area contributed by atoms with Gasteiger partial charge < -0.3 is 29.7 Å². The fourth-order valence-corrected chi connectivity index (χ4v) is 2.57. The normalized spacial score (nSPS) is 34.1. The molecule has 7 heteroatoms. The van der Waals surface area contributed by atoms with Crippen molar-refractivity contribution in [2.24, 2.45) is 0 Å². The van der Waals surface area contributed by atoms with E-state index < -0.39 is 37.1 Å². The van der Waals surface area contributed by atoms with Crippen molar-refractivity contribution in [2.75, 3.05) is 6.61 Å². The minimum absolute atomic E-state index is 0.301. The highest BCUT2D eigenvalue weighted by Gasteiger charge is 2.44. The summed E-state index contributed by atoms with van der Waals surface area (Å²) in [5.41, 5.74) is 1.46. The van der Waals surface area contributed by atoms with Gasteiger partial charge >= 0.3 is 0 Å². The molecule has 20 heavy (non-hydrogen) atoms. The van der Waals surface area contributed by atoms with E-state index in [1.165, 1.54) is 0 Å². The maximum atomic E-state index is 10.1. The van der Waals surface area contributed by atoms with Crippen LogP contribution in [0.1, 0.15) is 17.2 Å². The van der Waals surface area contributed by atoms with E-state index in [0.717, 1.165) is 5.56 Å². The largest absolute Gasteiger partial charge is 0.394 e. The van der Waals surface area contributed by atoms with Crippen molar-refractivity contribution in [3.63, 3.8) is 0 Å². The van der Waals surface area contributed by atoms with E-state index in [2.05, 4.69) is 9.47 Å². The molecule has 1 aromatic carbocycles. The predicted octanol–water partition coefficient (Wildman–Crippen LogP) is -0.492. The molecule has 0 saturated carbocycles. The monoisotopic (exact) mass is 302 g/mol. The minimum atomic E-state index is -1.38. The zero-order valence-electron chi connectivity index (χ0n) is 10.8. The summed E-state index contributed by atoms with van der Waals surface area (Å²) in [5.74, 6) is 0. The van der Waals surface area contributed by atoms with Crippen molar-refractivity contribution in [3.05, 3.63) is 35.4 Å². The van der Waals surface area contributed by atoms with E-state index in [0.29, 0.717) is 12.2 Å². The zero-order valence-corrected chi connectivity index (χ0v) is 11.9. The number of hydrogen-bond acceptors (Lipinski definition) is 6. The van der Waals surface area contributed by atoms with Crippen LogP contribution < -0.4 is 0 Å². The van der Waals surface area contributed by atoms with Gasteiger partial charge in [0.15, 0.2) is 0 Å². The quantitative estimate of drug-likeness (QED) is 0.560. The van der Waals surface area contributed by atoms with Crippen molar-refractivity contribution >= 4 is 9.47 Å².